The number of likely N-dealkylation sites (tertiary alicyclic amines) is 1. The molecule has 1 unspecified atom stereocenters. The Bertz CT molecular complexity index is 1230. The number of ketones is 1. The largest absolute Gasteiger partial charge is 0.507 e. The molecule has 1 aromatic heterocycles. The van der Waals surface area contributed by atoms with Crippen LogP contribution in [0.1, 0.15) is 29.7 Å². The predicted octanol–water partition coefficient (Wildman–Crippen LogP) is 4.89. The van der Waals surface area contributed by atoms with Crippen molar-refractivity contribution in [1.29, 1.82) is 0 Å². The van der Waals surface area contributed by atoms with E-state index in [0.717, 1.165) is 0 Å². The fraction of sp³-hybridized carbons (Fsp3) is 0.160. The van der Waals surface area contributed by atoms with Gasteiger partial charge in [-0.25, -0.2) is 4.39 Å². The van der Waals surface area contributed by atoms with Crippen molar-refractivity contribution in [3.05, 3.63) is 100 Å². The van der Waals surface area contributed by atoms with E-state index in [4.69, 9.17) is 16.3 Å². The Morgan fingerprint density at radius 1 is 1.12 bits per heavy atom. The van der Waals surface area contributed by atoms with Gasteiger partial charge in [0.2, 0.25) is 0 Å². The van der Waals surface area contributed by atoms with Crippen LogP contribution in [0.25, 0.3) is 5.76 Å². The topological polar surface area (TPSA) is 79.7 Å². The van der Waals surface area contributed by atoms with Gasteiger partial charge in [-0.15, -0.1) is 0 Å². The Hall–Kier alpha value is -3.71. The molecule has 0 bridgehead atoms. The number of hydrogen-bond acceptors (Lipinski definition) is 5. The smallest absolute Gasteiger partial charge is 0.295 e. The minimum atomic E-state index is -0.857. The molecule has 1 aliphatic heterocycles. The SMILES string of the molecule is CCOc1cc(/C(O)=C2/C(=O)C(=O)N(Cc3ccc(F)cc3)C2c2ccncc2)ccc1Cl. The molecule has 8 heteroatoms. The van der Waals surface area contributed by atoms with Crippen LogP contribution in [0.2, 0.25) is 5.02 Å². The highest BCUT2D eigenvalue weighted by Crippen LogP contribution is 2.41. The van der Waals surface area contributed by atoms with Gasteiger partial charge in [-0.2, -0.15) is 0 Å². The highest BCUT2D eigenvalue weighted by atomic mass is 35.5. The lowest BCUT2D eigenvalue weighted by Crippen LogP contribution is -2.29. The number of carbonyl (C=O) groups excluding carboxylic acids is 2. The summed E-state index contributed by atoms with van der Waals surface area (Å²) < 4.78 is 18.8. The first-order chi connectivity index (χ1) is 15.9. The van der Waals surface area contributed by atoms with Gasteiger partial charge in [-0.3, -0.25) is 14.6 Å². The quantitative estimate of drug-likeness (QED) is 0.318. The van der Waals surface area contributed by atoms with Crippen molar-refractivity contribution in [3.63, 3.8) is 0 Å². The highest BCUT2D eigenvalue weighted by Gasteiger charge is 2.46. The second-order valence-corrected chi connectivity index (χ2v) is 7.82. The summed E-state index contributed by atoms with van der Waals surface area (Å²) in [6, 6.07) is 12.8. The summed E-state index contributed by atoms with van der Waals surface area (Å²) in [7, 11) is 0. The number of hydrogen-bond donors (Lipinski definition) is 1. The molecule has 1 atom stereocenters. The number of aromatic nitrogens is 1. The molecular weight excluding hydrogens is 447 g/mol. The second kappa shape index (κ2) is 9.42. The van der Waals surface area contributed by atoms with E-state index in [-0.39, 0.29) is 17.9 Å². The van der Waals surface area contributed by atoms with Gasteiger partial charge in [0.05, 0.1) is 23.2 Å². The van der Waals surface area contributed by atoms with Crippen molar-refractivity contribution in [2.75, 3.05) is 6.61 Å². The van der Waals surface area contributed by atoms with Gasteiger partial charge in [-0.1, -0.05) is 23.7 Å². The maximum absolute atomic E-state index is 13.4. The first-order valence-corrected chi connectivity index (χ1v) is 10.6. The molecule has 4 rings (SSSR count). The van der Waals surface area contributed by atoms with Crippen molar-refractivity contribution in [1.82, 2.24) is 9.88 Å². The van der Waals surface area contributed by atoms with Crippen LogP contribution >= 0.6 is 11.6 Å². The van der Waals surface area contributed by atoms with E-state index in [1.807, 2.05) is 0 Å². The standard InChI is InChI=1S/C25H20ClFN2O4/c1-2-33-20-13-17(5-8-19(20)26)23(30)21-22(16-9-11-28-12-10-16)29(25(32)24(21)31)14-15-3-6-18(27)7-4-15/h3-13,22,30H,2,14H2,1H3/b23-21-. The van der Waals surface area contributed by atoms with Crippen LogP contribution in [0.3, 0.4) is 0 Å². The Balaban J connectivity index is 1.83. The number of carbonyl (C=O) groups is 2. The summed E-state index contributed by atoms with van der Waals surface area (Å²) in [5.74, 6) is -1.97. The molecule has 0 saturated carbocycles. The van der Waals surface area contributed by atoms with Crippen LogP contribution in [-0.4, -0.2) is 33.3 Å². The zero-order valence-electron chi connectivity index (χ0n) is 17.7. The van der Waals surface area contributed by atoms with Crippen molar-refractivity contribution in [2.24, 2.45) is 0 Å². The zero-order chi connectivity index (χ0) is 23.5. The van der Waals surface area contributed by atoms with Crippen molar-refractivity contribution in [3.8, 4) is 5.75 Å². The van der Waals surface area contributed by atoms with E-state index < -0.39 is 23.5 Å². The molecule has 0 spiro atoms. The number of nitrogens with zero attached hydrogens (tertiary/aromatic N) is 2. The number of benzene rings is 2. The summed E-state index contributed by atoms with van der Waals surface area (Å²) in [6.07, 6.45) is 3.09. The van der Waals surface area contributed by atoms with Crippen molar-refractivity contribution >= 4 is 29.1 Å². The molecule has 2 heterocycles. The molecule has 6 nitrogen and oxygen atoms in total. The first kappa shape index (κ1) is 22.5. The Kier molecular flexibility index (Phi) is 6.42. The van der Waals surface area contributed by atoms with E-state index in [9.17, 15) is 19.1 Å². The summed E-state index contributed by atoms with van der Waals surface area (Å²) in [5, 5.41) is 11.5. The van der Waals surface area contributed by atoms with Crippen molar-refractivity contribution in [2.45, 2.75) is 19.5 Å². The van der Waals surface area contributed by atoms with Gasteiger partial charge in [0, 0.05) is 24.5 Å². The van der Waals surface area contributed by atoms with E-state index >= 15 is 0 Å². The fourth-order valence-corrected chi connectivity index (χ4v) is 3.97. The van der Waals surface area contributed by atoms with Gasteiger partial charge < -0.3 is 14.7 Å². The highest BCUT2D eigenvalue weighted by molar-refractivity contribution is 6.46. The van der Waals surface area contributed by atoms with Gasteiger partial charge in [-0.05, 0) is 60.5 Å². The third-order valence-electron chi connectivity index (χ3n) is 5.33. The normalized spacial score (nSPS) is 17.4. The van der Waals surface area contributed by atoms with Crippen LogP contribution in [0.5, 0.6) is 5.75 Å². The molecule has 1 aliphatic rings. The number of halogens is 2. The Labute approximate surface area is 194 Å². The lowest BCUT2D eigenvalue weighted by molar-refractivity contribution is -0.140. The molecule has 2 aromatic carbocycles. The summed E-state index contributed by atoms with van der Waals surface area (Å²) in [4.78, 5) is 31.5. The molecule has 0 aliphatic carbocycles. The van der Waals surface area contributed by atoms with E-state index in [1.54, 1.807) is 55.7 Å². The zero-order valence-corrected chi connectivity index (χ0v) is 18.4. The molecule has 1 saturated heterocycles. The summed E-state index contributed by atoms with van der Waals surface area (Å²) in [6.45, 7) is 2.22. The Morgan fingerprint density at radius 2 is 1.82 bits per heavy atom. The lowest BCUT2D eigenvalue weighted by Gasteiger charge is -2.25. The maximum Gasteiger partial charge on any atom is 0.295 e. The van der Waals surface area contributed by atoms with Crippen molar-refractivity contribution < 1.29 is 23.8 Å². The van der Waals surface area contributed by atoms with Crippen LogP contribution in [-0.2, 0) is 16.1 Å². The number of ether oxygens (including phenoxy) is 1. The third-order valence-corrected chi connectivity index (χ3v) is 5.64. The van der Waals surface area contributed by atoms with E-state index in [0.29, 0.717) is 34.1 Å². The number of aliphatic hydroxyl groups is 1. The predicted molar refractivity (Wildman–Crippen MR) is 121 cm³/mol. The summed E-state index contributed by atoms with van der Waals surface area (Å²) >= 11 is 6.15. The van der Waals surface area contributed by atoms with Crippen LogP contribution in [0, 0.1) is 5.82 Å². The molecule has 3 aromatic rings. The van der Waals surface area contributed by atoms with E-state index in [1.165, 1.54) is 23.1 Å². The molecule has 1 N–H and O–H groups in total. The third kappa shape index (κ3) is 4.45. The van der Waals surface area contributed by atoms with Gasteiger partial charge >= 0.3 is 0 Å². The molecule has 1 amide bonds. The Morgan fingerprint density at radius 3 is 2.48 bits per heavy atom. The average Bonchev–Trinajstić information content (AvgIpc) is 3.07. The van der Waals surface area contributed by atoms with Gasteiger partial charge in [0.1, 0.15) is 17.3 Å². The average molecular weight is 467 g/mol. The number of amides is 1. The fourth-order valence-electron chi connectivity index (χ4n) is 3.79. The molecular formula is C25H20ClFN2O4. The second-order valence-electron chi connectivity index (χ2n) is 7.41. The monoisotopic (exact) mass is 466 g/mol. The van der Waals surface area contributed by atoms with Gasteiger partial charge in [0.25, 0.3) is 11.7 Å². The number of rotatable bonds is 6. The van der Waals surface area contributed by atoms with Crippen LogP contribution in [0.4, 0.5) is 4.39 Å². The molecule has 33 heavy (non-hydrogen) atoms. The number of Topliss-reactive ketones (excluding diaryl/α,β-unsaturated/α-hetero) is 1. The lowest BCUT2D eigenvalue weighted by atomic mass is 9.95. The van der Waals surface area contributed by atoms with Crippen LogP contribution < -0.4 is 4.74 Å². The minimum absolute atomic E-state index is 0.0550. The van der Waals surface area contributed by atoms with Crippen LogP contribution in [0.15, 0.2) is 72.6 Å². The van der Waals surface area contributed by atoms with E-state index in [2.05, 4.69) is 4.98 Å². The maximum atomic E-state index is 13.4. The summed E-state index contributed by atoms with van der Waals surface area (Å²) in [5.41, 5.74) is 1.48. The first-order valence-electron chi connectivity index (χ1n) is 10.3. The number of aliphatic hydroxyl groups excluding tert-OH is 1. The number of pyridine rings is 1. The van der Waals surface area contributed by atoms with Gasteiger partial charge in [0.15, 0.2) is 0 Å². The molecule has 0 radical (unpaired) electrons. The minimum Gasteiger partial charge on any atom is -0.507 e. The molecule has 1 fully saturated rings. The molecule has 168 valence electrons.